The summed E-state index contributed by atoms with van der Waals surface area (Å²) in [6.45, 7) is 9.28. The largest absolute Gasteiger partial charge is 0.375 e. The summed E-state index contributed by atoms with van der Waals surface area (Å²) in [6.07, 6.45) is 4.79. The Morgan fingerprint density at radius 3 is 3.15 bits per heavy atom. The molecule has 2 atom stereocenters. The average molecular weight is 378 g/mol. The standard InChI is InChI=1S/C19H31N5OS/c1-3-20-19(23-13-17-5-4-10-26-17)22-12-16-6-7-21-18(11-16)24-8-9-25-15(2)14-24/h6-7,11,15,17H,3-5,8-10,12-14H2,1-2H3,(H2,20,22,23). The number of ether oxygens (including phenoxy) is 1. The SMILES string of the molecule is CCNC(=NCc1ccnc(N2CCOC(C)C2)c1)NCC1CCCS1. The Morgan fingerprint density at radius 1 is 1.46 bits per heavy atom. The summed E-state index contributed by atoms with van der Waals surface area (Å²) >= 11 is 2.07. The van der Waals surface area contributed by atoms with E-state index < -0.39 is 0 Å². The lowest BCUT2D eigenvalue weighted by Gasteiger charge is -2.32. The van der Waals surface area contributed by atoms with Gasteiger partial charge in [0.05, 0.1) is 19.3 Å². The van der Waals surface area contributed by atoms with Crippen molar-refractivity contribution >= 4 is 23.5 Å². The minimum atomic E-state index is 0.255. The second-order valence-corrected chi connectivity index (χ2v) is 8.27. The van der Waals surface area contributed by atoms with Crippen molar-refractivity contribution in [1.29, 1.82) is 0 Å². The van der Waals surface area contributed by atoms with Crippen molar-refractivity contribution in [3.05, 3.63) is 23.9 Å². The molecule has 144 valence electrons. The molecule has 2 unspecified atom stereocenters. The van der Waals surface area contributed by atoms with E-state index in [1.165, 1.54) is 24.2 Å². The van der Waals surface area contributed by atoms with Crippen LogP contribution in [0.5, 0.6) is 0 Å². The van der Waals surface area contributed by atoms with Gasteiger partial charge in [0.2, 0.25) is 0 Å². The van der Waals surface area contributed by atoms with E-state index in [-0.39, 0.29) is 6.10 Å². The molecule has 0 radical (unpaired) electrons. The van der Waals surface area contributed by atoms with Crippen LogP contribution in [0.4, 0.5) is 5.82 Å². The summed E-state index contributed by atoms with van der Waals surface area (Å²) in [7, 11) is 0. The van der Waals surface area contributed by atoms with E-state index in [1.54, 1.807) is 0 Å². The first kappa shape index (κ1) is 19.3. The van der Waals surface area contributed by atoms with Crippen LogP contribution in [-0.2, 0) is 11.3 Å². The summed E-state index contributed by atoms with van der Waals surface area (Å²) < 4.78 is 5.63. The van der Waals surface area contributed by atoms with Crippen LogP contribution in [0.1, 0.15) is 32.3 Å². The van der Waals surface area contributed by atoms with Gasteiger partial charge in [-0.15, -0.1) is 0 Å². The summed E-state index contributed by atoms with van der Waals surface area (Å²) in [5, 5.41) is 7.56. The number of morpholine rings is 1. The van der Waals surface area contributed by atoms with Gasteiger partial charge in [-0.05, 0) is 50.1 Å². The van der Waals surface area contributed by atoms with Gasteiger partial charge >= 0.3 is 0 Å². The number of aromatic nitrogens is 1. The smallest absolute Gasteiger partial charge is 0.191 e. The van der Waals surface area contributed by atoms with E-state index in [1.807, 2.05) is 12.3 Å². The first-order valence-corrected chi connectivity index (χ1v) is 10.7. The maximum atomic E-state index is 5.63. The molecule has 3 rings (SSSR count). The van der Waals surface area contributed by atoms with E-state index in [0.717, 1.165) is 49.8 Å². The van der Waals surface area contributed by atoms with Gasteiger partial charge in [-0.1, -0.05) is 0 Å². The molecule has 2 saturated heterocycles. The minimum absolute atomic E-state index is 0.255. The molecule has 1 aromatic heterocycles. The molecule has 0 amide bonds. The maximum Gasteiger partial charge on any atom is 0.191 e. The van der Waals surface area contributed by atoms with Gasteiger partial charge in [0.1, 0.15) is 5.82 Å². The number of hydrogen-bond donors (Lipinski definition) is 2. The molecule has 0 aromatic carbocycles. The second-order valence-electron chi connectivity index (χ2n) is 6.86. The van der Waals surface area contributed by atoms with Gasteiger partial charge in [0, 0.05) is 37.6 Å². The van der Waals surface area contributed by atoms with Crippen LogP contribution in [0.3, 0.4) is 0 Å². The molecule has 0 aliphatic carbocycles. The normalized spacial score (nSPS) is 23.9. The molecule has 26 heavy (non-hydrogen) atoms. The number of nitrogens with one attached hydrogen (secondary N) is 2. The van der Waals surface area contributed by atoms with Crippen molar-refractivity contribution in [2.24, 2.45) is 4.99 Å². The van der Waals surface area contributed by atoms with Crippen molar-refractivity contribution in [1.82, 2.24) is 15.6 Å². The molecule has 1 aromatic rings. The minimum Gasteiger partial charge on any atom is -0.375 e. The van der Waals surface area contributed by atoms with Crippen LogP contribution in [-0.4, -0.2) is 60.8 Å². The van der Waals surface area contributed by atoms with Crippen LogP contribution < -0.4 is 15.5 Å². The van der Waals surface area contributed by atoms with Crippen molar-refractivity contribution in [3.63, 3.8) is 0 Å². The van der Waals surface area contributed by atoms with Gasteiger partial charge in [-0.2, -0.15) is 11.8 Å². The third-order valence-corrected chi connectivity index (χ3v) is 6.06. The number of nitrogens with zero attached hydrogens (tertiary/aromatic N) is 3. The molecule has 2 N–H and O–H groups in total. The first-order chi connectivity index (χ1) is 12.7. The van der Waals surface area contributed by atoms with E-state index in [4.69, 9.17) is 9.73 Å². The highest BCUT2D eigenvalue weighted by Crippen LogP contribution is 2.25. The molecule has 0 spiro atoms. The lowest BCUT2D eigenvalue weighted by Crippen LogP contribution is -2.41. The van der Waals surface area contributed by atoms with Crippen molar-refractivity contribution in [2.45, 2.75) is 44.6 Å². The number of aliphatic imine (C=N–C) groups is 1. The average Bonchev–Trinajstić information content (AvgIpc) is 3.18. The van der Waals surface area contributed by atoms with E-state index in [0.29, 0.717) is 6.54 Å². The van der Waals surface area contributed by atoms with Crippen LogP contribution in [0.15, 0.2) is 23.3 Å². The van der Waals surface area contributed by atoms with Gasteiger partial charge in [0.25, 0.3) is 0 Å². The number of anilines is 1. The number of guanidine groups is 1. The van der Waals surface area contributed by atoms with Gasteiger partial charge < -0.3 is 20.3 Å². The van der Waals surface area contributed by atoms with Crippen LogP contribution in [0, 0.1) is 0 Å². The predicted octanol–water partition coefficient (Wildman–Crippen LogP) is 2.26. The third kappa shape index (κ3) is 5.77. The van der Waals surface area contributed by atoms with E-state index in [9.17, 15) is 0 Å². The Bertz CT molecular complexity index is 591. The summed E-state index contributed by atoms with van der Waals surface area (Å²) in [5.74, 6) is 3.21. The number of hydrogen-bond acceptors (Lipinski definition) is 5. The second kappa shape index (κ2) is 10.0. The van der Waals surface area contributed by atoms with Crippen molar-refractivity contribution < 1.29 is 4.74 Å². The highest BCUT2D eigenvalue weighted by atomic mass is 32.2. The van der Waals surface area contributed by atoms with Crippen molar-refractivity contribution in [3.8, 4) is 0 Å². The Hall–Kier alpha value is -1.47. The molecule has 2 aliphatic rings. The monoisotopic (exact) mass is 377 g/mol. The van der Waals surface area contributed by atoms with E-state index in [2.05, 4.69) is 52.2 Å². The van der Waals surface area contributed by atoms with Gasteiger partial charge in [-0.25, -0.2) is 9.98 Å². The Kier molecular flexibility index (Phi) is 7.43. The van der Waals surface area contributed by atoms with Gasteiger partial charge in [-0.3, -0.25) is 0 Å². The zero-order chi connectivity index (χ0) is 18.2. The van der Waals surface area contributed by atoms with Crippen molar-refractivity contribution in [2.75, 3.05) is 43.4 Å². The summed E-state index contributed by atoms with van der Waals surface area (Å²) in [4.78, 5) is 11.6. The van der Waals surface area contributed by atoms with Crippen LogP contribution in [0.25, 0.3) is 0 Å². The van der Waals surface area contributed by atoms with Crippen LogP contribution >= 0.6 is 11.8 Å². The Morgan fingerprint density at radius 2 is 2.38 bits per heavy atom. The Balaban J connectivity index is 1.58. The number of rotatable bonds is 6. The number of pyridine rings is 1. The molecule has 7 heteroatoms. The summed E-state index contributed by atoms with van der Waals surface area (Å²) in [5.41, 5.74) is 1.18. The first-order valence-electron chi connectivity index (χ1n) is 9.70. The lowest BCUT2D eigenvalue weighted by molar-refractivity contribution is 0.0529. The number of thioether (sulfide) groups is 1. The molecular formula is C19H31N5OS. The fourth-order valence-electron chi connectivity index (χ4n) is 3.29. The topological polar surface area (TPSA) is 61.8 Å². The third-order valence-electron chi connectivity index (χ3n) is 4.66. The fraction of sp³-hybridized carbons (Fsp3) is 0.684. The summed E-state index contributed by atoms with van der Waals surface area (Å²) in [6, 6.07) is 4.20. The van der Waals surface area contributed by atoms with Gasteiger partial charge in [0.15, 0.2) is 5.96 Å². The van der Waals surface area contributed by atoms with E-state index >= 15 is 0 Å². The van der Waals surface area contributed by atoms with Crippen LogP contribution in [0.2, 0.25) is 0 Å². The Labute approximate surface area is 161 Å². The molecule has 2 aliphatic heterocycles. The molecular weight excluding hydrogens is 346 g/mol. The zero-order valence-corrected chi connectivity index (χ0v) is 16.7. The highest BCUT2D eigenvalue weighted by molar-refractivity contribution is 8.00. The molecule has 6 nitrogen and oxygen atoms in total. The molecule has 0 saturated carbocycles. The zero-order valence-electron chi connectivity index (χ0n) is 15.9. The molecule has 3 heterocycles. The predicted molar refractivity (Wildman–Crippen MR) is 110 cm³/mol. The fourth-order valence-corrected chi connectivity index (χ4v) is 4.49. The quantitative estimate of drug-likeness (QED) is 0.586. The molecule has 2 fully saturated rings. The molecule has 0 bridgehead atoms. The maximum absolute atomic E-state index is 5.63. The highest BCUT2D eigenvalue weighted by Gasteiger charge is 2.18. The lowest BCUT2D eigenvalue weighted by atomic mass is 10.2.